The predicted molar refractivity (Wildman–Crippen MR) is 99.1 cm³/mol. The minimum absolute atomic E-state index is 0.0340. The van der Waals surface area contributed by atoms with E-state index < -0.39 is 5.41 Å². The first-order valence-corrected chi connectivity index (χ1v) is 9.02. The van der Waals surface area contributed by atoms with E-state index in [1.165, 1.54) is 0 Å². The summed E-state index contributed by atoms with van der Waals surface area (Å²) in [6.07, 6.45) is 2.07. The predicted octanol–water partition coefficient (Wildman–Crippen LogP) is 4.41. The third kappa shape index (κ3) is 8.30. The van der Waals surface area contributed by atoms with Crippen molar-refractivity contribution in [2.45, 2.75) is 60.2 Å². The number of carbonyl (C=O) groups is 2. The molecule has 0 unspecified atom stereocenters. The van der Waals surface area contributed by atoms with Crippen molar-refractivity contribution in [3.05, 3.63) is 35.9 Å². The van der Waals surface area contributed by atoms with Gasteiger partial charge in [0.05, 0.1) is 18.6 Å². The number of esters is 1. The van der Waals surface area contributed by atoms with Crippen molar-refractivity contribution in [1.29, 1.82) is 0 Å². The zero-order chi connectivity index (χ0) is 18.9. The van der Waals surface area contributed by atoms with E-state index in [2.05, 4.69) is 0 Å². The molecule has 0 spiro atoms. The minimum Gasteiger partial charge on any atom is -0.462 e. The van der Waals surface area contributed by atoms with Crippen molar-refractivity contribution in [2.24, 2.45) is 17.3 Å². The number of carbonyl (C=O) groups excluding carboxylic acids is 2. The summed E-state index contributed by atoms with van der Waals surface area (Å²) in [4.78, 5) is 23.1. The molecule has 0 heterocycles. The molecule has 0 saturated heterocycles. The smallest absolute Gasteiger partial charge is 0.311 e. The first kappa shape index (κ1) is 21.4. The van der Waals surface area contributed by atoms with E-state index in [9.17, 15) is 9.59 Å². The van der Waals surface area contributed by atoms with Gasteiger partial charge in [-0.3, -0.25) is 4.79 Å². The maximum absolute atomic E-state index is 12.3. The fraction of sp³-hybridized carbons (Fsp3) is 0.619. The summed E-state index contributed by atoms with van der Waals surface area (Å²) < 4.78 is 11.5. The van der Waals surface area contributed by atoms with Crippen LogP contribution in [0.3, 0.4) is 0 Å². The molecule has 140 valence electrons. The largest absolute Gasteiger partial charge is 0.462 e. The Morgan fingerprint density at radius 2 is 1.76 bits per heavy atom. The summed E-state index contributed by atoms with van der Waals surface area (Å²) in [6, 6.07) is 9.98. The third-order valence-electron chi connectivity index (χ3n) is 4.14. The van der Waals surface area contributed by atoms with Crippen LogP contribution in [0.5, 0.6) is 0 Å². The van der Waals surface area contributed by atoms with Gasteiger partial charge in [-0.05, 0) is 39.2 Å². The second kappa shape index (κ2) is 10.3. The molecule has 0 amide bonds. The fourth-order valence-electron chi connectivity index (χ4n) is 2.31. The van der Waals surface area contributed by atoms with Crippen LogP contribution in [-0.4, -0.2) is 25.0 Å². The van der Waals surface area contributed by atoms with Gasteiger partial charge in [-0.15, -0.1) is 0 Å². The minimum atomic E-state index is -0.543. The summed E-state index contributed by atoms with van der Waals surface area (Å²) >= 11 is 0. The molecule has 25 heavy (non-hydrogen) atoms. The Bertz CT molecular complexity index is 518. The van der Waals surface area contributed by atoms with Crippen LogP contribution in [0.2, 0.25) is 0 Å². The molecule has 0 bridgehead atoms. The zero-order valence-corrected chi connectivity index (χ0v) is 16.2. The van der Waals surface area contributed by atoms with Gasteiger partial charge in [-0.25, -0.2) is 0 Å². The topological polar surface area (TPSA) is 52.6 Å². The second-order valence-electron chi connectivity index (χ2n) is 7.86. The Hall–Kier alpha value is -1.68. The molecule has 1 aromatic rings. The summed E-state index contributed by atoms with van der Waals surface area (Å²) in [6.45, 7) is 10.5. The van der Waals surface area contributed by atoms with E-state index in [0.717, 1.165) is 11.8 Å². The van der Waals surface area contributed by atoms with Crippen LogP contribution >= 0.6 is 0 Å². The van der Waals surface area contributed by atoms with E-state index >= 15 is 0 Å². The average Bonchev–Trinajstić information content (AvgIpc) is 2.57. The Balaban J connectivity index is 2.59. The molecular formula is C21H32O4. The van der Waals surface area contributed by atoms with Gasteiger partial charge in [0.2, 0.25) is 0 Å². The molecule has 1 aromatic carbocycles. The summed E-state index contributed by atoms with van der Waals surface area (Å²) in [7, 11) is 0. The van der Waals surface area contributed by atoms with Crippen LogP contribution in [0.1, 0.15) is 53.0 Å². The molecule has 0 aliphatic carbocycles. The van der Waals surface area contributed by atoms with Crippen LogP contribution in [0.15, 0.2) is 30.3 Å². The number of hydrogen-bond donors (Lipinski definition) is 0. The molecule has 3 atom stereocenters. The van der Waals surface area contributed by atoms with Gasteiger partial charge in [0.15, 0.2) is 0 Å². The lowest BCUT2D eigenvalue weighted by Gasteiger charge is -2.28. The van der Waals surface area contributed by atoms with Gasteiger partial charge in [-0.1, -0.05) is 44.2 Å². The lowest BCUT2D eigenvalue weighted by molar-refractivity contribution is -0.163. The maximum Gasteiger partial charge on any atom is 0.311 e. The molecule has 0 aliphatic rings. The summed E-state index contributed by atoms with van der Waals surface area (Å²) in [5.74, 6) is -0.187. The van der Waals surface area contributed by atoms with Crippen LogP contribution in [-0.2, 0) is 25.7 Å². The van der Waals surface area contributed by atoms with Crippen molar-refractivity contribution in [3.63, 3.8) is 0 Å². The van der Waals surface area contributed by atoms with Crippen molar-refractivity contribution in [3.8, 4) is 0 Å². The first-order chi connectivity index (χ1) is 11.7. The zero-order valence-electron chi connectivity index (χ0n) is 16.2. The molecule has 0 fully saturated rings. The van der Waals surface area contributed by atoms with Crippen molar-refractivity contribution >= 4 is 12.3 Å². The molecule has 1 rings (SSSR count). The summed E-state index contributed by atoms with van der Waals surface area (Å²) in [5.41, 5.74) is 0.576. The van der Waals surface area contributed by atoms with Crippen LogP contribution in [0.4, 0.5) is 0 Å². The molecule has 0 N–H and O–H groups in total. The van der Waals surface area contributed by atoms with E-state index in [1.807, 2.05) is 65.0 Å². The number of ether oxygens (including phenoxy) is 2. The van der Waals surface area contributed by atoms with Gasteiger partial charge < -0.3 is 14.3 Å². The Morgan fingerprint density at radius 1 is 1.12 bits per heavy atom. The second-order valence-corrected chi connectivity index (χ2v) is 7.86. The van der Waals surface area contributed by atoms with E-state index in [0.29, 0.717) is 26.1 Å². The third-order valence-corrected chi connectivity index (χ3v) is 4.14. The summed E-state index contributed by atoms with van der Waals surface area (Å²) in [5, 5.41) is 0. The quantitative estimate of drug-likeness (QED) is 0.464. The van der Waals surface area contributed by atoms with E-state index in [-0.39, 0.29) is 23.9 Å². The Morgan fingerprint density at radius 3 is 2.32 bits per heavy atom. The normalized spacial score (nSPS) is 15.2. The first-order valence-electron chi connectivity index (χ1n) is 9.02. The van der Waals surface area contributed by atoms with Gasteiger partial charge in [0.1, 0.15) is 12.4 Å². The van der Waals surface area contributed by atoms with Crippen molar-refractivity contribution in [2.75, 3.05) is 6.61 Å². The molecule has 4 heteroatoms. The number of benzene rings is 1. The Kier molecular flexibility index (Phi) is 8.84. The number of hydrogen-bond acceptors (Lipinski definition) is 4. The van der Waals surface area contributed by atoms with Crippen LogP contribution < -0.4 is 0 Å². The molecule has 4 nitrogen and oxygen atoms in total. The van der Waals surface area contributed by atoms with Gasteiger partial charge in [0.25, 0.3) is 0 Å². The van der Waals surface area contributed by atoms with E-state index in [4.69, 9.17) is 9.47 Å². The molecule has 0 saturated carbocycles. The highest BCUT2D eigenvalue weighted by Crippen LogP contribution is 2.23. The maximum atomic E-state index is 12.3. The Labute approximate surface area is 151 Å². The molecule has 0 aliphatic heterocycles. The number of rotatable bonds is 10. The van der Waals surface area contributed by atoms with Gasteiger partial charge in [-0.2, -0.15) is 0 Å². The SMILES string of the molecule is C[C@H](C=O)CC[C@H](OC(=O)C(C)(C)C)[C@H](C)COCc1ccccc1. The highest BCUT2D eigenvalue weighted by molar-refractivity contribution is 5.75. The van der Waals surface area contributed by atoms with Crippen LogP contribution in [0, 0.1) is 17.3 Å². The lowest BCUT2D eigenvalue weighted by atomic mass is 9.94. The number of aldehydes is 1. The van der Waals surface area contributed by atoms with Gasteiger partial charge in [0, 0.05) is 11.8 Å². The average molecular weight is 348 g/mol. The standard InChI is InChI=1S/C21H32O4/c1-16(13-22)11-12-19(25-20(23)21(3,4)5)17(2)14-24-15-18-9-7-6-8-10-18/h6-10,13,16-17,19H,11-12,14-15H2,1-5H3/t16-,17+,19-/m0/s1. The molecule has 0 aromatic heterocycles. The van der Waals surface area contributed by atoms with Crippen molar-refractivity contribution < 1.29 is 19.1 Å². The molecule has 0 radical (unpaired) electrons. The highest BCUT2D eigenvalue weighted by Gasteiger charge is 2.29. The van der Waals surface area contributed by atoms with Gasteiger partial charge >= 0.3 is 5.97 Å². The van der Waals surface area contributed by atoms with Crippen molar-refractivity contribution in [1.82, 2.24) is 0 Å². The van der Waals surface area contributed by atoms with Crippen LogP contribution in [0.25, 0.3) is 0 Å². The lowest BCUT2D eigenvalue weighted by Crippen LogP contribution is -2.33. The monoisotopic (exact) mass is 348 g/mol. The fourth-order valence-corrected chi connectivity index (χ4v) is 2.31. The molecular weight excluding hydrogens is 316 g/mol. The highest BCUT2D eigenvalue weighted by atomic mass is 16.5. The van der Waals surface area contributed by atoms with E-state index in [1.54, 1.807) is 0 Å².